The van der Waals surface area contributed by atoms with Crippen LogP contribution in [0, 0.1) is 0 Å². The molecule has 2 aromatic heterocycles. The van der Waals surface area contributed by atoms with Crippen LogP contribution in [0.3, 0.4) is 0 Å². The Labute approximate surface area is 145 Å². The Morgan fingerprint density at radius 2 is 1.64 bits per heavy atom. The first-order valence-corrected chi connectivity index (χ1v) is 8.97. The summed E-state index contributed by atoms with van der Waals surface area (Å²) in [6.45, 7) is 2.27. The highest BCUT2D eigenvalue weighted by Gasteiger charge is 2.25. The minimum absolute atomic E-state index is 1.06. The summed E-state index contributed by atoms with van der Waals surface area (Å²) in [6.07, 6.45) is 10.9. The summed E-state index contributed by atoms with van der Waals surface area (Å²) in [6, 6.07) is 10.7. The Morgan fingerprint density at radius 3 is 2.52 bits per heavy atom. The van der Waals surface area contributed by atoms with E-state index in [4.69, 9.17) is 9.97 Å². The van der Waals surface area contributed by atoms with E-state index in [0.717, 1.165) is 24.1 Å². The molecule has 1 fully saturated rings. The fourth-order valence-electron chi connectivity index (χ4n) is 4.57. The van der Waals surface area contributed by atoms with Crippen molar-refractivity contribution in [2.24, 2.45) is 0 Å². The molecule has 0 amide bonds. The van der Waals surface area contributed by atoms with E-state index < -0.39 is 0 Å². The molecular weight excluding hydrogens is 306 g/mol. The SMILES string of the molecule is C1=Cc2c(N3CCCC3)c3cccnc3c3c2c1cc1cccnc13. The lowest BCUT2D eigenvalue weighted by molar-refractivity contribution is 0.949. The van der Waals surface area contributed by atoms with Gasteiger partial charge in [0.05, 0.1) is 16.7 Å². The van der Waals surface area contributed by atoms with Crippen LogP contribution in [0.2, 0.25) is 0 Å². The minimum atomic E-state index is 1.06. The van der Waals surface area contributed by atoms with Gasteiger partial charge in [-0.05, 0) is 42.7 Å². The lowest BCUT2D eigenvalue weighted by atomic mass is 9.95. The number of pyridine rings is 2. The van der Waals surface area contributed by atoms with Crippen LogP contribution in [0.15, 0.2) is 42.7 Å². The maximum Gasteiger partial charge on any atom is 0.0823 e. The Bertz CT molecular complexity index is 1200. The molecule has 4 aromatic rings. The number of nitrogens with zero attached hydrogens (tertiary/aromatic N) is 3. The first-order chi connectivity index (χ1) is 12.4. The molecule has 2 aliphatic rings. The second-order valence-electron chi connectivity index (χ2n) is 6.98. The molecule has 1 aliphatic heterocycles. The lowest BCUT2D eigenvalue weighted by Gasteiger charge is -2.23. The summed E-state index contributed by atoms with van der Waals surface area (Å²) in [7, 11) is 0. The highest BCUT2D eigenvalue weighted by Crippen LogP contribution is 2.46. The van der Waals surface area contributed by atoms with E-state index in [1.54, 1.807) is 0 Å². The highest BCUT2D eigenvalue weighted by molar-refractivity contribution is 6.28. The van der Waals surface area contributed by atoms with E-state index in [1.807, 2.05) is 18.5 Å². The summed E-state index contributed by atoms with van der Waals surface area (Å²) >= 11 is 0. The second-order valence-corrected chi connectivity index (χ2v) is 6.98. The zero-order chi connectivity index (χ0) is 16.4. The van der Waals surface area contributed by atoms with Crippen molar-refractivity contribution in [2.75, 3.05) is 18.0 Å². The van der Waals surface area contributed by atoms with Crippen molar-refractivity contribution in [3.8, 4) is 0 Å². The summed E-state index contributed by atoms with van der Waals surface area (Å²) in [5, 5.41) is 4.96. The van der Waals surface area contributed by atoms with Crippen LogP contribution in [-0.4, -0.2) is 23.1 Å². The molecule has 1 saturated heterocycles. The molecule has 2 aromatic carbocycles. The first-order valence-electron chi connectivity index (χ1n) is 8.97. The van der Waals surface area contributed by atoms with E-state index >= 15 is 0 Å². The number of aromatic nitrogens is 2. The third-order valence-electron chi connectivity index (χ3n) is 5.60. The van der Waals surface area contributed by atoms with Crippen LogP contribution in [-0.2, 0) is 0 Å². The summed E-state index contributed by atoms with van der Waals surface area (Å²) < 4.78 is 0. The largest absolute Gasteiger partial charge is 0.370 e. The second kappa shape index (κ2) is 4.79. The number of hydrogen-bond donors (Lipinski definition) is 0. The van der Waals surface area contributed by atoms with Gasteiger partial charge in [-0.3, -0.25) is 9.97 Å². The Balaban J connectivity index is 1.90. The number of hydrogen-bond acceptors (Lipinski definition) is 3. The molecule has 0 spiro atoms. The molecule has 0 unspecified atom stereocenters. The zero-order valence-corrected chi connectivity index (χ0v) is 13.9. The summed E-state index contributed by atoms with van der Waals surface area (Å²) in [5.74, 6) is 0. The molecule has 120 valence electrons. The van der Waals surface area contributed by atoms with Gasteiger partial charge in [-0.25, -0.2) is 0 Å². The van der Waals surface area contributed by atoms with Gasteiger partial charge in [-0.2, -0.15) is 0 Å². The maximum absolute atomic E-state index is 4.81. The van der Waals surface area contributed by atoms with Crippen molar-refractivity contribution in [3.05, 3.63) is 53.9 Å². The van der Waals surface area contributed by atoms with Crippen molar-refractivity contribution in [1.29, 1.82) is 0 Å². The van der Waals surface area contributed by atoms with Crippen LogP contribution in [0.1, 0.15) is 24.0 Å². The van der Waals surface area contributed by atoms with Gasteiger partial charge in [-0.15, -0.1) is 0 Å². The van der Waals surface area contributed by atoms with Crippen LogP contribution < -0.4 is 4.90 Å². The average molecular weight is 323 g/mol. The van der Waals surface area contributed by atoms with Crippen molar-refractivity contribution >= 4 is 50.4 Å². The smallest absolute Gasteiger partial charge is 0.0823 e. The highest BCUT2D eigenvalue weighted by atomic mass is 15.1. The molecule has 3 nitrogen and oxygen atoms in total. The van der Waals surface area contributed by atoms with Crippen molar-refractivity contribution < 1.29 is 0 Å². The van der Waals surface area contributed by atoms with Gasteiger partial charge in [0, 0.05) is 52.6 Å². The fourth-order valence-corrected chi connectivity index (χ4v) is 4.57. The van der Waals surface area contributed by atoms with Gasteiger partial charge in [-0.1, -0.05) is 18.2 Å². The molecule has 3 heteroatoms. The van der Waals surface area contributed by atoms with Gasteiger partial charge in [0.1, 0.15) is 0 Å². The number of benzene rings is 2. The number of anilines is 1. The van der Waals surface area contributed by atoms with E-state index in [9.17, 15) is 0 Å². The molecule has 0 saturated carbocycles. The van der Waals surface area contributed by atoms with Gasteiger partial charge >= 0.3 is 0 Å². The predicted molar refractivity (Wildman–Crippen MR) is 105 cm³/mol. The lowest BCUT2D eigenvalue weighted by Crippen LogP contribution is -2.19. The van der Waals surface area contributed by atoms with Crippen LogP contribution in [0.5, 0.6) is 0 Å². The third-order valence-corrected chi connectivity index (χ3v) is 5.60. The Kier molecular flexibility index (Phi) is 2.56. The van der Waals surface area contributed by atoms with Gasteiger partial charge in [0.15, 0.2) is 0 Å². The summed E-state index contributed by atoms with van der Waals surface area (Å²) in [5.41, 5.74) is 6.14. The molecule has 1 aliphatic carbocycles. The normalized spacial score (nSPS) is 15.9. The van der Waals surface area contributed by atoms with Crippen molar-refractivity contribution in [1.82, 2.24) is 9.97 Å². The topological polar surface area (TPSA) is 29.0 Å². The molecule has 3 heterocycles. The molecule has 0 radical (unpaired) electrons. The van der Waals surface area contributed by atoms with Crippen LogP contribution in [0.25, 0.3) is 44.7 Å². The first kappa shape index (κ1) is 13.4. The van der Waals surface area contributed by atoms with Crippen molar-refractivity contribution in [3.63, 3.8) is 0 Å². The molecular formula is C22H17N3. The standard InChI is InChI=1S/C22H17N3/c1-2-12-25(11-1)22-16-8-7-14-13-15-5-3-9-23-20(15)19(18(14)16)21-17(22)6-4-10-24-21/h3-10,13H,1-2,11-12H2. The number of fused-ring (bicyclic) bond motifs is 4. The molecule has 0 bridgehead atoms. The maximum atomic E-state index is 4.81. The Hall–Kier alpha value is -2.94. The van der Waals surface area contributed by atoms with Crippen LogP contribution in [0.4, 0.5) is 5.69 Å². The van der Waals surface area contributed by atoms with Gasteiger partial charge in [0.2, 0.25) is 0 Å². The van der Waals surface area contributed by atoms with E-state index in [0.29, 0.717) is 0 Å². The Morgan fingerprint density at radius 1 is 0.840 bits per heavy atom. The van der Waals surface area contributed by atoms with Gasteiger partial charge < -0.3 is 4.90 Å². The molecule has 25 heavy (non-hydrogen) atoms. The monoisotopic (exact) mass is 323 g/mol. The predicted octanol–water partition coefficient (Wildman–Crippen LogP) is 5.02. The number of rotatable bonds is 1. The van der Waals surface area contributed by atoms with E-state index in [2.05, 4.69) is 41.3 Å². The van der Waals surface area contributed by atoms with E-state index in [-0.39, 0.29) is 0 Å². The third kappa shape index (κ3) is 1.70. The molecule has 6 rings (SSSR count). The van der Waals surface area contributed by atoms with Crippen molar-refractivity contribution in [2.45, 2.75) is 12.8 Å². The molecule has 0 N–H and O–H groups in total. The van der Waals surface area contributed by atoms with Gasteiger partial charge in [0.25, 0.3) is 0 Å². The van der Waals surface area contributed by atoms with E-state index in [1.165, 1.54) is 51.2 Å². The molecule has 0 atom stereocenters. The quantitative estimate of drug-likeness (QED) is 0.406. The minimum Gasteiger partial charge on any atom is -0.370 e. The van der Waals surface area contributed by atoms with Crippen LogP contribution >= 0.6 is 0 Å². The fraction of sp³-hybridized carbons (Fsp3) is 0.182. The average Bonchev–Trinajstić information content (AvgIpc) is 3.32. The summed E-state index contributed by atoms with van der Waals surface area (Å²) in [4.78, 5) is 12.1. The zero-order valence-electron chi connectivity index (χ0n) is 13.9.